The van der Waals surface area contributed by atoms with E-state index in [-0.39, 0.29) is 18.4 Å². The Balaban J connectivity index is 1.65. The molecule has 164 valence electrons. The molecule has 0 unspecified atom stereocenters. The number of halogens is 1. The van der Waals surface area contributed by atoms with Crippen molar-refractivity contribution in [2.24, 2.45) is 0 Å². The first kappa shape index (κ1) is 21.9. The first-order chi connectivity index (χ1) is 15.6. The van der Waals surface area contributed by atoms with Crippen LogP contribution in [0.1, 0.15) is 38.3 Å². The number of fused-ring (bicyclic) bond motifs is 2. The number of carbonyl (C=O) groups is 2. The monoisotopic (exact) mass is 448 g/mol. The first-order valence-electron chi connectivity index (χ1n) is 10.7. The summed E-state index contributed by atoms with van der Waals surface area (Å²) in [7, 11) is 0. The molecule has 0 saturated heterocycles. The zero-order chi connectivity index (χ0) is 22.3. The van der Waals surface area contributed by atoms with Gasteiger partial charge < -0.3 is 15.0 Å². The summed E-state index contributed by atoms with van der Waals surface area (Å²) in [6, 6.07) is 22.3. The molecule has 1 N–H and O–H groups in total. The van der Waals surface area contributed by atoms with Crippen molar-refractivity contribution in [2.75, 3.05) is 19.7 Å². The van der Waals surface area contributed by atoms with Crippen LogP contribution in [0.15, 0.2) is 72.8 Å². The number of nitrogens with one attached hydrogen (secondary N) is 1. The Hall–Kier alpha value is -3.31. The molecule has 32 heavy (non-hydrogen) atoms. The maximum absolute atomic E-state index is 13.4. The van der Waals surface area contributed by atoms with Gasteiger partial charge >= 0.3 is 0 Å². The zero-order valence-electron chi connectivity index (χ0n) is 17.7. The second-order valence-electron chi connectivity index (χ2n) is 7.68. The summed E-state index contributed by atoms with van der Waals surface area (Å²) in [5.41, 5.74) is 3.20. The minimum atomic E-state index is -0.157. The Kier molecular flexibility index (Phi) is 7.07. The highest BCUT2D eigenvalue weighted by molar-refractivity contribution is 6.33. The number of ether oxygens (including phenoxy) is 1. The van der Waals surface area contributed by atoms with Crippen LogP contribution in [0, 0.1) is 0 Å². The van der Waals surface area contributed by atoms with Crippen LogP contribution in [0.5, 0.6) is 5.75 Å². The standard InChI is InChI=1S/C26H25ClN2O3/c27-23-13-5-3-11-21(23)26(31)29-16-17-32-24-14-6-4-12-22(24)25(30)28-15-7-10-19-8-1-2-9-20(19)18-29/h1-6,8-9,11-14H,7,10,15-18H2,(H,28,30). The van der Waals surface area contributed by atoms with Crippen molar-refractivity contribution in [1.82, 2.24) is 10.2 Å². The summed E-state index contributed by atoms with van der Waals surface area (Å²) in [5.74, 6) is 0.203. The van der Waals surface area contributed by atoms with Gasteiger partial charge in [0.2, 0.25) is 0 Å². The number of amides is 2. The molecular weight excluding hydrogens is 424 g/mol. The van der Waals surface area contributed by atoms with E-state index in [1.165, 1.54) is 0 Å². The Morgan fingerprint density at radius 2 is 1.66 bits per heavy atom. The van der Waals surface area contributed by atoms with E-state index in [0.29, 0.717) is 41.5 Å². The molecular formula is C26H25ClN2O3. The Morgan fingerprint density at radius 3 is 2.50 bits per heavy atom. The van der Waals surface area contributed by atoms with Crippen LogP contribution in [0.2, 0.25) is 5.02 Å². The second kappa shape index (κ2) is 10.3. The third kappa shape index (κ3) is 5.11. The number of aryl methyl sites for hydroxylation is 1. The molecule has 0 fully saturated rings. The van der Waals surface area contributed by atoms with Crippen LogP contribution in [0.3, 0.4) is 0 Å². The number of hydrogen-bond acceptors (Lipinski definition) is 3. The highest BCUT2D eigenvalue weighted by Crippen LogP contribution is 2.22. The lowest BCUT2D eigenvalue weighted by Gasteiger charge is -2.25. The molecule has 4 rings (SSSR count). The van der Waals surface area contributed by atoms with Gasteiger partial charge in [-0.15, -0.1) is 0 Å². The largest absolute Gasteiger partial charge is 0.491 e. The summed E-state index contributed by atoms with van der Waals surface area (Å²) >= 11 is 6.32. The van der Waals surface area contributed by atoms with Crippen LogP contribution >= 0.6 is 11.6 Å². The number of rotatable bonds is 1. The summed E-state index contributed by atoms with van der Waals surface area (Å²) < 4.78 is 5.95. The quantitative estimate of drug-likeness (QED) is 0.585. The lowest BCUT2D eigenvalue weighted by atomic mass is 10.0. The molecule has 1 heterocycles. The van der Waals surface area contributed by atoms with E-state index in [1.54, 1.807) is 29.2 Å². The fourth-order valence-electron chi connectivity index (χ4n) is 3.84. The summed E-state index contributed by atoms with van der Waals surface area (Å²) in [6.07, 6.45) is 1.60. The maximum Gasteiger partial charge on any atom is 0.255 e. The van der Waals surface area contributed by atoms with Crippen LogP contribution < -0.4 is 10.1 Å². The van der Waals surface area contributed by atoms with Gasteiger partial charge in [-0.25, -0.2) is 0 Å². The van der Waals surface area contributed by atoms with Gasteiger partial charge in [-0.1, -0.05) is 60.1 Å². The predicted octanol–water partition coefficient (Wildman–Crippen LogP) is 4.74. The Bertz CT molecular complexity index is 1120. The normalized spacial score (nSPS) is 14.9. The van der Waals surface area contributed by atoms with Gasteiger partial charge in [0.25, 0.3) is 11.8 Å². The highest BCUT2D eigenvalue weighted by atomic mass is 35.5. The Labute approximate surface area is 193 Å². The molecule has 3 aromatic carbocycles. The number of para-hydroxylation sites is 1. The average molecular weight is 449 g/mol. The molecule has 6 heteroatoms. The zero-order valence-corrected chi connectivity index (χ0v) is 18.5. The molecule has 0 atom stereocenters. The van der Waals surface area contributed by atoms with Crippen LogP contribution in [-0.4, -0.2) is 36.4 Å². The van der Waals surface area contributed by atoms with Crippen LogP contribution in [-0.2, 0) is 13.0 Å². The lowest BCUT2D eigenvalue weighted by Crippen LogP contribution is -2.35. The number of hydrogen-bond donors (Lipinski definition) is 1. The van der Waals surface area contributed by atoms with Gasteiger partial charge in [0, 0.05) is 13.1 Å². The van der Waals surface area contributed by atoms with Crippen LogP contribution in [0.25, 0.3) is 0 Å². The van der Waals surface area contributed by atoms with Gasteiger partial charge in [-0.2, -0.15) is 0 Å². The van der Waals surface area contributed by atoms with Crippen molar-refractivity contribution >= 4 is 23.4 Å². The molecule has 0 saturated carbocycles. The van der Waals surface area contributed by atoms with Crippen molar-refractivity contribution in [3.05, 3.63) is 100 Å². The van der Waals surface area contributed by atoms with E-state index >= 15 is 0 Å². The topological polar surface area (TPSA) is 58.6 Å². The molecule has 1 aliphatic heterocycles. The highest BCUT2D eigenvalue weighted by Gasteiger charge is 2.21. The summed E-state index contributed by atoms with van der Waals surface area (Å²) in [5, 5.41) is 3.40. The smallest absolute Gasteiger partial charge is 0.255 e. The minimum absolute atomic E-state index is 0.146. The van der Waals surface area contributed by atoms with E-state index in [9.17, 15) is 9.59 Å². The van der Waals surface area contributed by atoms with Gasteiger partial charge in [0.05, 0.1) is 22.7 Å². The molecule has 0 bridgehead atoms. The fourth-order valence-corrected chi connectivity index (χ4v) is 4.06. The molecule has 0 spiro atoms. The fraction of sp³-hybridized carbons (Fsp3) is 0.231. The molecule has 3 aromatic rings. The molecule has 1 aliphatic rings. The maximum atomic E-state index is 13.4. The van der Waals surface area contributed by atoms with Crippen LogP contribution in [0.4, 0.5) is 0 Å². The number of benzene rings is 3. The third-order valence-corrected chi connectivity index (χ3v) is 5.86. The van der Waals surface area contributed by atoms with E-state index in [1.807, 2.05) is 42.5 Å². The molecule has 5 nitrogen and oxygen atoms in total. The van der Waals surface area contributed by atoms with E-state index < -0.39 is 0 Å². The SMILES string of the molecule is O=C1NCCCc2ccccc2CN(C(=O)c2ccccc2Cl)CCOc2ccccc21. The molecule has 0 aromatic heterocycles. The van der Waals surface area contributed by atoms with E-state index in [0.717, 1.165) is 24.0 Å². The second-order valence-corrected chi connectivity index (χ2v) is 8.09. The number of nitrogens with zero attached hydrogens (tertiary/aromatic N) is 1. The van der Waals surface area contributed by atoms with E-state index in [4.69, 9.17) is 16.3 Å². The average Bonchev–Trinajstić information content (AvgIpc) is 2.81. The Morgan fingerprint density at radius 1 is 0.938 bits per heavy atom. The van der Waals surface area contributed by atoms with Crippen molar-refractivity contribution in [1.29, 1.82) is 0 Å². The molecule has 0 aliphatic carbocycles. The summed E-state index contributed by atoms with van der Waals surface area (Å²) in [6.45, 7) is 1.62. The van der Waals surface area contributed by atoms with Crippen molar-refractivity contribution < 1.29 is 14.3 Å². The van der Waals surface area contributed by atoms with E-state index in [2.05, 4.69) is 11.4 Å². The lowest BCUT2D eigenvalue weighted by molar-refractivity contribution is 0.0714. The van der Waals surface area contributed by atoms with Gasteiger partial charge in [-0.05, 0) is 48.2 Å². The third-order valence-electron chi connectivity index (χ3n) is 5.53. The predicted molar refractivity (Wildman–Crippen MR) is 125 cm³/mol. The first-order valence-corrected chi connectivity index (χ1v) is 11.1. The minimum Gasteiger partial charge on any atom is -0.491 e. The van der Waals surface area contributed by atoms with Crippen molar-refractivity contribution in [3.8, 4) is 5.75 Å². The molecule has 2 amide bonds. The molecule has 0 radical (unpaired) electrons. The van der Waals surface area contributed by atoms with Gasteiger partial charge in [0.1, 0.15) is 12.4 Å². The van der Waals surface area contributed by atoms with Gasteiger partial charge in [0.15, 0.2) is 0 Å². The summed E-state index contributed by atoms with van der Waals surface area (Å²) in [4.78, 5) is 27.8. The van der Waals surface area contributed by atoms with Crippen molar-refractivity contribution in [2.45, 2.75) is 19.4 Å². The number of carbonyl (C=O) groups excluding carboxylic acids is 2. The van der Waals surface area contributed by atoms with Crippen molar-refractivity contribution in [3.63, 3.8) is 0 Å². The van der Waals surface area contributed by atoms with Gasteiger partial charge in [-0.3, -0.25) is 9.59 Å².